The summed E-state index contributed by atoms with van der Waals surface area (Å²) in [6, 6.07) is 0. The third kappa shape index (κ3) is 5.03. The highest BCUT2D eigenvalue weighted by Crippen LogP contribution is 2.31. The second-order valence-corrected chi connectivity index (χ2v) is 7.53. The first kappa shape index (κ1) is 17.4. The van der Waals surface area contributed by atoms with Crippen LogP contribution in [0.25, 0.3) is 0 Å². The SMILES string of the molecule is COC(=O)C1CCCC1S(=O)(=O)NCCCCN(C)C. The Balaban J connectivity index is 2.45. The summed E-state index contributed by atoms with van der Waals surface area (Å²) in [7, 11) is 1.85. The maximum atomic E-state index is 12.2. The molecule has 1 N–H and O–H groups in total. The summed E-state index contributed by atoms with van der Waals surface area (Å²) < 4.78 is 31.8. The molecule has 0 spiro atoms. The molecule has 2 unspecified atom stereocenters. The Morgan fingerprint density at radius 3 is 2.60 bits per heavy atom. The van der Waals surface area contributed by atoms with Crippen molar-refractivity contribution in [3.63, 3.8) is 0 Å². The van der Waals surface area contributed by atoms with E-state index in [1.807, 2.05) is 14.1 Å². The Bertz CT molecular complexity index is 409. The smallest absolute Gasteiger partial charge is 0.310 e. The van der Waals surface area contributed by atoms with E-state index >= 15 is 0 Å². The van der Waals surface area contributed by atoms with Crippen LogP contribution in [0.1, 0.15) is 32.1 Å². The number of hydrogen-bond acceptors (Lipinski definition) is 5. The van der Waals surface area contributed by atoms with Crippen molar-refractivity contribution in [1.82, 2.24) is 9.62 Å². The van der Waals surface area contributed by atoms with Crippen molar-refractivity contribution in [3.05, 3.63) is 0 Å². The van der Waals surface area contributed by atoms with Gasteiger partial charge in [-0.2, -0.15) is 0 Å². The van der Waals surface area contributed by atoms with Crippen molar-refractivity contribution >= 4 is 16.0 Å². The predicted octanol–water partition coefficient (Wildman–Crippen LogP) is 0.589. The molecular weight excluding hydrogens is 280 g/mol. The number of carbonyl (C=O) groups is 1. The fourth-order valence-corrected chi connectivity index (χ4v) is 4.39. The summed E-state index contributed by atoms with van der Waals surface area (Å²) in [6.45, 7) is 1.37. The van der Waals surface area contributed by atoms with Crippen molar-refractivity contribution in [2.24, 2.45) is 5.92 Å². The molecule has 6 nitrogen and oxygen atoms in total. The first-order valence-corrected chi connectivity index (χ1v) is 8.64. The Morgan fingerprint density at radius 1 is 1.30 bits per heavy atom. The van der Waals surface area contributed by atoms with E-state index < -0.39 is 27.2 Å². The van der Waals surface area contributed by atoms with Gasteiger partial charge in [-0.25, -0.2) is 13.1 Å². The second-order valence-electron chi connectivity index (χ2n) is 5.55. The Labute approximate surface area is 121 Å². The number of hydrogen-bond donors (Lipinski definition) is 1. The van der Waals surface area contributed by atoms with E-state index in [4.69, 9.17) is 4.74 Å². The van der Waals surface area contributed by atoms with Gasteiger partial charge in [0, 0.05) is 6.54 Å². The topological polar surface area (TPSA) is 75.7 Å². The predicted molar refractivity (Wildman–Crippen MR) is 77.9 cm³/mol. The highest BCUT2D eigenvalue weighted by molar-refractivity contribution is 7.90. The van der Waals surface area contributed by atoms with Crippen LogP contribution in [0, 0.1) is 5.92 Å². The molecule has 0 saturated heterocycles. The lowest BCUT2D eigenvalue weighted by Gasteiger charge is -2.18. The summed E-state index contributed by atoms with van der Waals surface area (Å²) in [5.74, 6) is -0.926. The van der Waals surface area contributed by atoms with Crippen LogP contribution < -0.4 is 4.72 Å². The van der Waals surface area contributed by atoms with Gasteiger partial charge in [-0.1, -0.05) is 6.42 Å². The zero-order valence-corrected chi connectivity index (χ0v) is 13.4. The summed E-state index contributed by atoms with van der Waals surface area (Å²) in [5.41, 5.74) is 0. The molecule has 1 aliphatic rings. The van der Waals surface area contributed by atoms with Crippen molar-refractivity contribution in [3.8, 4) is 0 Å². The molecule has 0 aromatic carbocycles. The molecule has 0 aromatic rings. The van der Waals surface area contributed by atoms with Crippen LogP contribution in [-0.4, -0.2) is 58.8 Å². The molecule has 20 heavy (non-hydrogen) atoms. The molecule has 118 valence electrons. The summed E-state index contributed by atoms with van der Waals surface area (Å²) >= 11 is 0. The number of nitrogens with zero attached hydrogens (tertiary/aromatic N) is 1. The van der Waals surface area contributed by atoms with E-state index in [0.29, 0.717) is 19.4 Å². The van der Waals surface area contributed by atoms with Crippen LogP contribution >= 0.6 is 0 Å². The molecule has 0 radical (unpaired) electrons. The number of ether oxygens (including phenoxy) is 1. The lowest BCUT2D eigenvalue weighted by molar-refractivity contribution is -0.145. The number of unbranched alkanes of at least 4 members (excludes halogenated alkanes) is 1. The van der Waals surface area contributed by atoms with Crippen LogP contribution in [0.15, 0.2) is 0 Å². The molecule has 2 atom stereocenters. The highest BCUT2D eigenvalue weighted by Gasteiger charge is 2.41. The van der Waals surface area contributed by atoms with Crippen LogP contribution in [0.4, 0.5) is 0 Å². The van der Waals surface area contributed by atoms with Gasteiger partial charge in [0.1, 0.15) is 0 Å². The summed E-state index contributed by atoms with van der Waals surface area (Å²) in [4.78, 5) is 13.7. The van der Waals surface area contributed by atoms with Crippen LogP contribution in [0.3, 0.4) is 0 Å². The monoisotopic (exact) mass is 306 g/mol. The average Bonchev–Trinajstić information content (AvgIpc) is 2.87. The Morgan fingerprint density at radius 2 is 2.00 bits per heavy atom. The number of rotatable bonds is 8. The molecule has 7 heteroatoms. The van der Waals surface area contributed by atoms with E-state index in [1.54, 1.807) is 0 Å². The van der Waals surface area contributed by atoms with Crippen molar-refractivity contribution in [1.29, 1.82) is 0 Å². The second kappa shape index (κ2) is 7.95. The first-order valence-electron chi connectivity index (χ1n) is 7.09. The molecule has 0 amide bonds. The highest BCUT2D eigenvalue weighted by atomic mass is 32.2. The number of nitrogens with one attached hydrogen (secondary N) is 1. The minimum atomic E-state index is -3.43. The third-order valence-corrected chi connectivity index (χ3v) is 5.66. The van der Waals surface area contributed by atoms with Crippen LogP contribution in [0.2, 0.25) is 0 Å². The molecule has 0 heterocycles. The van der Waals surface area contributed by atoms with E-state index in [0.717, 1.165) is 25.8 Å². The zero-order valence-electron chi connectivity index (χ0n) is 12.6. The molecular formula is C13H26N2O4S. The Hall–Kier alpha value is -0.660. The fraction of sp³-hybridized carbons (Fsp3) is 0.923. The molecule has 0 bridgehead atoms. The molecule has 0 aromatic heterocycles. The van der Waals surface area contributed by atoms with Gasteiger partial charge in [-0.15, -0.1) is 0 Å². The van der Waals surface area contributed by atoms with Crippen molar-refractivity contribution in [2.45, 2.75) is 37.4 Å². The van der Waals surface area contributed by atoms with Gasteiger partial charge >= 0.3 is 5.97 Å². The summed E-state index contributed by atoms with van der Waals surface area (Å²) in [5, 5.41) is -0.635. The van der Waals surface area contributed by atoms with Crippen LogP contribution in [0.5, 0.6) is 0 Å². The number of methoxy groups -OCH3 is 1. The van der Waals surface area contributed by atoms with Gasteiger partial charge in [-0.05, 0) is 46.3 Å². The molecule has 1 saturated carbocycles. The molecule has 1 aliphatic carbocycles. The lowest BCUT2D eigenvalue weighted by atomic mass is 10.1. The van der Waals surface area contributed by atoms with Gasteiger partial charge < -0.3 is 9.64 Å². The number of carbonyl (C=O) groups excluding carboxylic acids is 1. The maximum Gasteiger partial charge on any atom is 0.310 e. The zero-order chi connectivity index (χ0) is 15.2. The van der Waals surface area contributed by atoms with Gasteiger partial charge in [0.2, 0.25) is 10.0 Å². The van der Waals surface area contributed by atoms with Gasteiger partial charge in [0.25, 0.3) is 0 Å². The van der Waals surface area contributed by atoms with E-state index in [2.05, 4.69) is 9.62 Å². The third-order valence-electron chi connectivity index (χ3n) is 3.69. The maximum absolute atomic E-state index is 12.2. The van der Waals surface area contributed by atoms with Crippen molar-refractivity contribution < 1.29 is 17.9 Å². The van der Waals surface area contributed by atoms with E-state index in [9.17, 15) is 13.2 Å². The van der Waals surface area contributed by atoms with Gasteiger partial charge in [-0.3, -0.25) is 4.79 Å². The molecule has 0 aliphatic heterocycles. The van der Waals surface area contributed by atoms with Gasteiger partial charge in [0.05, 0.1) is 18.3 Å². The molecule has 1 fully saturated rings. The fourth-order valence-electron chi connectivity index (χ4n) is 2.59. The number of sulfonamides is 1. The van der Waals surface area contributed by atoms with Crippen LogP contribution in [-0.2, 0) is 19.6 Å². The Kier molecular flexibility index (Phi) is 6.91. The quantitative estimate of drug-likeness (QED) is 0.525. The van der Waals surface area contributed by atoms with E-state index in [1.165, 1.54) is 7.11 Å². The molecule has 1 rings (SSSR count). The number of esters is 1. The largest absolute Gasteiger partial charge is 0.469 e. The minimum absolute atomic E-state index is 0.412. The normalized spacial score (nSPS) is 23.2. The van der Waals surface area contributed by atoms with E-state index in [-0.39, 0.29) is 0 Å². The average molecular weight is 306 g/mol. The minimum Gasteiger partial charge on any atom is -0.469 e. The van der Waals surface area contributed by atoms with Crippen molar-refractivity contribution in [2.75, 3.05) is 34.3 Å². The lowest BCUT2D eigenvalue weighted by Crippen LogP contribution is -2.39. The summed E-state index contributed by atoms with van der Waals surface area (Å²) in [6.07, 6.45) is 3.63. The standard InChI is InChI=1S/C13H26N2O4S/c1-15(2)10-5-4-9-14-20(17,18)12-8-6-7-11(12)13(16)19-3/h11-12,14H,4-10H2,1-3H3. The first-order chi connectivity index (χ1) is 9.38. The van der Waals surface area contributed by atoms with Gasteiger partial charge in [0.15, 0.2) is 0 Å².